The number of carbonyl (C=O) groups is 6. The smallest absolute Gasteiger partial charge is 0.462 e. The van der Waals surface area contributed by atoms with Gasteiger partial charge in [-0.15, -0.1) is 0 Å². The second kappa shape index (κ2) is 31.3. The molecule has 0 aromatic carbocycles. The van der Waals surface area contributed by atoms with Crippen molar-refractivity contribution in [2.75, 3.05) is 89.1 Å². The van der Waals surface area contributed by atoms with E-state index in [1.54, 1.807) is 105 Å². The van der Waals surface area contributed by atoms with E-state index in [-0.39, 0.29) is 64.4 Å². The van der Waals surface area contributed by atoms with E-state index in [0.29, 0.717) is 81.2 Å². The summed E-state index contributed by atoms with van der Waals surface area (Å²) >= 11 is 0. The van der Waals surface area contributed by atoms with Crippen molar-refractivity contribution in [3.8, 4) is 0 Å². The molecule has 19 nitrogen and oxygen atoms in total. The lowest BCUT2D eigenvalue weighted by Gasteiger charge is -2.34. The lowest BCUT2D eigenvalue weighted by Crippen LogP contribution is -2.43. The fourth-order valence-electron chi connectivity index (χ4n) is 7.81. The van der Waals surface area contributed by atoms with Gasteiger partial charge in [0, 0.05) is 42.5 Å². The molecule has 0 spiro atoms. The molecule has 23 heteroatoms. The highest BCUT2D eigenvalue weighted by Crippen LogP contribution is 2.45. The zero-order valence-corrected chi connectivity index (χ0v) is 53.0. The van der Waals surface area contributed by atoms with Gasteiger partial charge >= 0.3 is 36.2 Å². The van der Waals surface area contributed by atoms with Gasteiger partial charge in [-0.1, -0.05) is 63.9 Å². The van der Waals surface area contributed by atoms with Crippen LogP contribution in [0.5, 0.6) is 0 Å². The normalized spacial score (nSPS) is 19.4. The molecule has 0 saturated carbocycles. The first-order valence-corrected chi connectivity index (χ1v) is 32.1. The van der Waals surface area contributed by atoms with Crippen LogP contribution < -0.4 is 0 Å². The van der Waals surface area contributed by atoms with Crippen LogP contribution >= 0.6 is 43.2 Å². The van der Waals surface area contributed by atoms with Crippen LogP contribution in [0.3, 0.4) is 0 Å². The fourth-order valence-corrected chi connectivity index (χ4v) is 14.4. The molecule has 2 rings (SSSR count). The molecule has 78 heavy (non-hydrogen) atoms. The van der Waals surface area contributed by atoms with Crippen LogP contribution in [0.25, 0.3) is 0 Å². The van der Waals surface area contributed by atoms with Crippen LogP contribution in [-0.2, 0) is 71.3 Å². The maximum atomic E-state index is 13.4. The summed E-state index contributed by atoms with van der Waals surface area (Å²) in [6.45, 7) is 28.3. The van der Waals surface area contributed by atoms with Crippen molar-refractivity contribution in [2.45, 2.75) is 202 Å². The van der Waals surface area contributed by atoms with E-state index >= 15 is 0 Å². The predicted molar refractivity (Wildman–Crippen MR) is 304 cm³/mol. The number of ether oxygens (including phenoxy) is 11. The van der Waals surface area contributed by atoms with Crippen LogP contribution in [0.1, 0.15) is 169 Å². The van der Waals surface area contributed by atoms with Gasteiger partial charge in [-0.25, -0.2) is 9.59 Å². The molecule has 2 aliphatic rings. The van der Waals surface area contributed by atoms with Gasteiger partial charge in [0.2, 0.25) is 0 Å². The van der Waals surface area contributed by atoms with Crippen molar-refractivity contribution in [1.29, 1.82) is 0 Å². The van der Waals surface area contributed by atoms with Crippen LogP contribution in [0.15, 0.2) is 0 Å². The molecule has 0 bridgehead atoms. The highest BCUT2D eigenvalue weighted by atomic mass is 33.1. The Hall–Kier alpha value is -2.38. The predicted octanol–water partition coefficient (Wildman–Crippen LogP) is 10.5. The molecular formula is C55H96O19S4. The van der Waals surface area contributed by atoms with E-state index < -0.39 is 92.7 Å². The molecule has 2 saturated heterocycles. The second-order valence-electron chi connectivity index (χ2n) is 24.6. The minimum Gasteiger partial charge on any atom is -0.462 e. The van der Waals surface area contributed by atoms with Gasteiger partial charge in [0.05, 0.1) is 53.1 Å². The molecule has 454 valence electrons. The second-order valence-corrected chi connectivity index (χ2v) is 29.5. The average molecular weight is 1190 g/mol. The number of aliphatic hydroxyl groups is 2. The van der Waals surface area contributed by atoms with E-state index in [2.05, 4.69) is 0 Å². The summed E-state index contributed by atoms with van der Waals surface area (Å²) in [6, 6.07) is 0. The largest absolute Gasteiger partial charge is 0.508 e. The van der Waals surface area contributed by atoms with Crippen LogP contribution in [0.2, 0.25) is 0 Å². The van der Waals surface area contributed by atoms with E-state index in [1.807, 2.05) is 48.5 Å². The van der Waals surface area contributed by atoms with Crippen molar-refractivity contribution in [1.82, 2.24) is 0 Å². The molecule has 2 aliphatic heterocycles. The highest BCUT2D eigenvalue weighted by Gasteiger charge is 2.46. The van der Waals surface area contributed by atoms with Crippen molar-refractivity contribution in [3.63, 3.8) is 0 Å². The Kier molecular flexibility index (Phi) is 28.8. The molecule has 2 heterocycles. The SMILES string of the molecule is CCC(C)(O)CC(C)(COC(=O)OC(C)(C)CCOCCC(C)(C)OCCC(C)(C)OCCC(C)(CC)OC(=O)OCC(C)(CC(C)(O)CC)C(=O)OCCOC(=O)C1(C)CSSC1)C(=O)OCCOC(=O)C1(C)CSSC1. The summed E-state index contributed by atoms with van der Waals surface area (Å²) in [7, 11) is 6.44. The first-order chi connectivity index (χ1) is 35.9. The summed E-state index contributed by atoms with van der Waals surface area (Å²) in [5.41, 5.74) is -9.62. The number of hydrogen-bond donors (Lipinski definition) is 2. The summed E-state index contributed by atoms with van der Waals surface area (Å²) in [6.07, 6.45) is 0.874. The van der Waals surface area contributed by atoms with Crippen molar-refractivity contribution < 1.29 is 91.1 Å². The standard InChI is InChI=1S/C55H96O19S4/c1-17-53(14,62)32-49(10,40(56)65-28-30-67-42(58)51(12)36-75-76-37-51)34-69-44(60)73-48(8,9)21-25-64-24-20-46(4,5)71-26-22-47(6,7)72-27-23-55(16,19-3)74-45(61)70-35-50(11,33-54(15,63)18-2)41(57)66-29-31-68-43(59)52(13)38-77-78-39-52/h62-63H,17-39H2,1-16H3. The van der Waals surface area contributed by atoms with Gasteiger partial charge in [0.25, 0.3) is 0 Å². The average Bonchev–Trinajstić information content (AvgIpc) is 4.01. The van der Waals surface area contributed by atoms with Crippen LogP contribution in [0, 0.1) is 21.7 Å². The summed E-state index contributed by atoms with van der Waals surface area (Å²) in [5.74, 6) is 0.443. The van der Waals surface area contributed by atoms with Crippen LogP contribution in [-0.4, -0.2) is 169 Å². The minimum absolute atomic E-state index is 0.0593. The Labute approximate surface area is 481 Å². The Morgan fingerprint density at radius 1 is 0.436 bits per heavy atom. The molecule has 0 aromatic rings. The maximum Gasteiger partial charge on any atom is 0.508 e. The van der Waals surface area contributed by atoms with Gasteiger partial charge in [-0.05, 0) is 135 Å². The first kappa shape index (κ1) is 71.7. The monoisotopic (exact) mass is 1190 g/mol. The molecule has 0 amide bonds. The Bertz CT molecular complexity index is 1920. The number of rotatable bonds is 37. The Balaban J connectivity index is 1.77. The number of carbonyl (C=O) groups excluding carboxylic acids is 6. The first-order valence-electron chi connectivity index (χ1n) is 27.1. The molecule has 2 N–H and O–H groups in total. The highest BCUT2D eigenvalue weighted by molar-refractivity contribution is 8.77. The lowest BCUT2D eigenvalue weighted by atomic mass is 9.79. The van der Waals surface area contributed by atoms with Gasteiger partial charge in [0.15, 0.2) is 0 Å². The van der Waals surface area contributed by atoms with E-state index in [0.717, 1.165) is 0 Å². The maximum absolute atomic E-state index is 13.4. The third kappa shape index (κ3) is 25.8. The van der Waals surface area contributed by atoms with E-state index in [1.165, 1.54) is 0 Å². The Morgan fingerprint density at radius 2 is 0.782 bits per heavy atom. The lowest BCUT2D eigenvalue weighted by molar-refractivity contribution is -0.168. The summed E-state index contributed by atoms with van der Waals surface area (Å²) in [5, 5.41) is 21.8. The third-order valence-electron chi connectivity index (χ3n) is 14.3. The van der Waals surface area contributed by atoms with E-state index in [4.69, 9.17) is 52.1 Å². The molecular weight excluding hydrogens is 1090 g/mol. The van der Waals surface area contributed by atoms with Crippen molar-refractivity contribution in [2.24, 2.45) is 21.7 Å². The van der Waals surface area contributed by atoms with Gasteiger partial charge in [-0.2, -0.15) is 0 Å². The molecule has 0 radical (unpaired) electrons. The molecule has 0 aliphatic carbocycles. The topological polar surface area (TPSA) is 244 Å². The van der Waals surface area contributed by atoms with Crippen molar-refractivity contribution >= 4 is 79.4 Å². The number of esters is 4. The van der Waals surface area contributed by atoms with Gasteiger partial charge in [-0.3, -0.25) is 19.2 Å². The molecule has 5 atom stereocenters. The fraction of sp³-hybridized carbons (Fsp3) is 0.891. The van der Waals surface area contributed by atoms with Gasteiger partial charge < -0.3 is 62.3 Å². The molecule has 5 unspecified atom stereocenters. The zero-order valence-electron chi connectivity index (χ0n) is 49.7. The van der Waals surface area contributed by atoms with Crippen LogP contribution in [0.4, 0.5) is 9.59 Å². The minimum atomic E-state index is -1.43. The third-order valence-corrected chi connectivity index (χ3v) is 20.1. The quantitative estimate of drug-likeness (QED) is 0.0254. The Morgan fingerprint density at radius 3 is 1.17 bits per heavy atom. The van der Waals surface area contributed by atoms with Crippen molar-refractivity contribution in [3.05, 3.63) is 0 Å². The summed E-state index contributed by atoms with van der Waals surface area (Å²) < 4.78 is 62.5. The molecule has 0 aromatic heterocycles. The van der Waals surface area contributed by atoms with E-state index in [9.17, 15) is 39.0 Å². The number of hydrogen-bond acceptors (Lipinski definition) is 23. The molecule has 2 fully saturated rings. The zero-order chi connectivity index (χ0) is 59.3. The van der Waals surface area contributed by atoms with Gasteiger partial charge in [0.1, 0.15) is 61.7 Å². The summed E-state index contributed by atoms with van der Waals surface area (Å²) in [4.78, 5) is 78.0.